The Labute approximate surface area is 129 Å². The van der Waals surface area contributed by atoms with Crippen molar-refractivity contribution >= 4 is 33.0 Å². The normalized spacial score (nSPS) is 13.0. The maximum absolute atomic E-state index is 12.5. The quantitative estimate of drug-likeness (QED) is 0.594. The van der Waals surface area contributed by atoms with E-state index < -0.39 is 15.7 Å². The number of nitrogens with one attached hydrogen (secondary N) is 2. The van der Waals surface area contributed by atoms with Crippen LogP contribution in [0.5, 0.6) is 5.75 Å². The Balaban J connectivity index is 2.05. The van der Waals surface area contributed by atoms with Crippen LogP contribution in [-0.4, -0.2) is 23.2 Å². The molecule has 2 aromatic rings. The van der Waals surface area contributed by atoms with Crippen molar-refractivity contribution in [3.63, 3.8) is 0 Å². The third kappa shape index (κ3) is 3.92. The summed E-state index contributed by atoms with van der Waals surface area (Å²) in [5, 5.41) is 2.58. The van der Waals surface area contributed by atoms with Crippen LogP contribution in [-0.2, 0) is 9.71 Å². The van der Waals surface area contributed by atoms with Gasteiger partial charge in [-0.05, 0) is 54.4 Å². The SMILES string of the molecule is C=S(=O)(NC(=O)Nc1ccc(OC)cc1)c1ccc(N)cc1. The number of methoxy groups -OCH3 is 1. The van der Waals surface area contributed by atoms with E-state index in [1.807, 2.05) is 0 Å². The van der Waals surface area contributed by atoms with Crippen LogP contribution in [0.3, 0.4) is 0 Å². The average Bonchev–Trinajstić information content (AvgIpc) is 2.48. The van der Waals surface area contributed by atoms with E-state index >= 15 is 0 Å². The van der Waals surface area contributed by atoms with Gasteiger partial charge in [0.1, 0.15) is 5.75 Å². The number of nitrogen functional groups attached to an aromatic ring is 1. The molecule has 0 aliphatic heterocycles. The fourth-order valence-corrected chi connectivity index (χ4v) is 2.77. The number of hydrogen-bond donors (Lipinski definition) is 3. The minimum Gasteiger partial charge on any atom is -0.497 e. The van der Waals surface area contributed by atoms with E-state index in [1.165, 1.54) is 0 Å². The highest BCUT2D eigenvalue weighted by Gasteiger charge is 2.11. The van der Waals surface area contributed by atoms with Gasteiger partial charge >= 0.3 is 6.03 Å². The van der Waals surface area contributed by atoms with E-state index in [1.54, 1.807) is 55.6 Å². The second kappa shape index (κ2) is 6.40. The van der Waals surface area contributed by atoms with Gasteiger partial charge in [0.05, 0.1) is 16.8 Å². The van der Waals surface area contributed by atoms with E-state index in [4.69, 9.17) is 10.5 Å². The predicted octanol–water partition coefficient (Wildman–Crippen LogP) is 2.09. The number of carbonyl (C=O) groups is 1. The molecule has 0 saturated carbocycles. The van der Waals surface area contributed by atoms with Crippen LogP contribution in [0.4, 0.5) is 16.2 Å². The van der Waals surface area contributed by atoms with E-state index in [9.17, 15) is 9.00 Å². The molecule has 0 bridgehead atoms. The lowest BCUT2D eigenvalue weighted by Crippen LogP contribution is -2.34. The number of carbonyl (C=O) groups excluding carboxylic acids is 1. The highest BCUT2D eigenvalue weighted by molar-refractivity contribution is 7.99. The Morgan fingerprint density at radius 2 is 1.73 bits per heavy atom. The Morgan fingerprint density at radius 1 is 1.14 bits per heavy atom. The first-order valence-corrected chi connectivity index (χ1v) is 8.09. The molecular formula is C15H17N3O3S. The van der Waals surface area contributed by atoms with Gasteiger partial charge in [0.25, 0.3) is 0 Å². The van der Waals surface area contributed by atoms with Crippen molar-refractivity contribution in [3.8, 4) is 5.75 Å². The minimum atomic E-state index is -2.95. The van der Waals surface area contributed by atoms with E-state index in [-0.39, 0.29) is 0 Å². The smallest absolute Gasteiger partial charge is 0.330 e. The molecule has 22 heavy (non-hydrogen) atoms. The van der Waals surface area contributed by atoms with Gasteiger partial charge in [0.15, 0.2) is 0 Å². The molecule has 2 aromatic carbocycles. The number of amides is 2. The molecule has 0 spiro atoms. The van der Waals surface area contributed by atoms with Crippen molar-refractivity contribution in [2.24, 2.45) is 0 Å². The van der Waals surface area contributed by atoms with Crippen molar-refractivity contribution in [2.45, 2.75) is 4.90 Å². The Bertz CT molecular complexity index is 754. The molecule has 0 aliphatic carbocycles. The summed E-state index contributed by atoms with van der Waals surface area (Å²) in [4.78, 5) is 12.3. The Hall–Kier alpha value is -2.67. The molecule has 116 valence electrons. The van der Waals surface area contributed by atoms with Crippen LogP contribution in [0.2, 0.25) is 0 Å². The highest BCUT2D eigenvalue weighted by Crippen LogP contribution is 2.15. The molecule has 1 unspecified atom stereocenters. The lowest BCUT2D eigenvalue weighted by Gasteiger charge is -2.13. The zero-order valence-electron chi connectivity index (χ0n) is 12.0. The van der Waals surface area contributed by atoms with Crippen LogP contribution < -0.4 is 20.5 Å². The van der Waals surface area contributed by atoms with Crippen molar-refractivity contribution < 1.29 is 13.7 Å². The first-order chi connectivity index (χ1) is 10.4. The molecule has 0 heterocycles. The minimum absolute atomic E-state index is 0.395. The van der Waals surface area contributed by atoms with Gasteiger partial charge in [-0.2, -0.15) is 0 Å². The van der Waals surface area contributed by atoms with Crippen LogP contribution in [0.1, 0.15) is 0 Å². The second-order valence-electron chi connectivity index (χ2n) is 4.53. The maximum Gasteiger partial charge on any atom is 0.330 e. The number of hydrogen-bond acceptors (Lipinski definition) is 4. The van der Waals surface area contributed by atoms with Gasteiger partial charge in [-0.25, -0.2) is 9.00 Å². The van der Waals surface area contributed by atoms with Gasteiger partial charge in [-0.15, -0.1) is 0 Å². The van der Waals surface area contributed by atoms with Crippen LogP contribution >= 0.6 is 0 Å². The number of rotatable bonds is 4. The monoisotopic (exact) mass is 319 g/mol. The van der Waals surface area contributed by atoms with Crippen LogP contribution in [0.25, 0.3) is 0 Å². The number of anilines is 2. The van der Waals surface area contributed by atoms with Crippen LogP contribution in [0, 0.1) is 0 Å². The van der Waals surface area contributed by atoms with Gasteiger partial charge < -0.3 is 15.8 Å². The number of benzene rings is 2. The fraction of sp³-hybridized carbons (Fsp3) is 0.0667. The molecule has 1 atom stereocenters. The zero-order valence-corrected chi connectivity index (χ0v) is 12.9. The van der Waals surface area contributed by atoms with Crippen molar-refractivity contribution in [1.29, 1.82) is 0 Å². The van der Waals surface area contributed by atoms with Gasteiger partial charge in [-0.1, -0.05) is 0 Å². The van der Waals surface area contributed by atoms with Gasteiger partial charge in [-0.3, -0.25) is 4.72 Å². The molecule has 0 aromatic heterocycles. The summed E-state index contributed by atoms with van der Waals surface area (Å²) in [5.41, 5.74) is 6.66. The molecule has 4 N–H and O–H groups in total. The van der Waals surface area contributed by atoms with Crippen molar-refractivity contribution in [1.82, 2.24) is 4.72 Å². The largest absolute Gasteiger partial charge is 0.497 e. The lowest BCUT2D eigenvalue weighted by molar-refractivity contribution is 0.257. The molecule has 2 amide bonds. The summed E-state index contributed by atoms with van der Waals surface area (Å²) in [7, 11) is -1.40. The topological polar surface area (TPSA) is 93.5 Å². The highest BCUT2D eigenvalue weighted by atomic mass is 32.2. The maximum atomic E-state index is 12.5. The summed E-state index contributed by atoms with van der Waals surface area (Å²) >= 11 is 0. The third-order valence-corrected chi connectivity index (χ3v) is 4.42. The summed E-state index contributed by atoms with van der Waals surface area (Å²) in [5.74, 6) is 4.25. The standard InChI is InChI=1S/C15H17N3O3S/c1-21-13-7-5-12(6-8-13)17-15(19)18-22(2,20)14-9-3-11(16)4-10-14/h3-10H,2,16H2,1H3,(H2,17,18,19,20). The lowest BCUT2D eigenvalue weighted by atomic mass is 10.3. The van der Waals surface area contributed by atoms with Crippen molar-refractivity contribution in [3.05, 3.63) is 48.5 Å². The average molecular weight is 319 g/mol. The molecule has 2 rings (SSSR count). The molecule has 0 saturated heterocycles. The molecule has 7 heteroatoms. The van der Waals surface area contributed by atoms with Gasteiger partial charge in [0.2, 0.25) is 0 Å². The molecule has 0 aliphatic rings. The van der Waals surface area contributed by atoms with E-state index in [2.05, 4.69) is 15.9 Å². The Morgan fingerprint density at radius 3 is 2.27 bits per heavy atom. The number of nitrogens with two attached hydrogens (primary N) is 1. The third-order valence-electron chi connectivity index (χ3n) is 2.87. The zero-order chi connectivity index (χ0) is 16.2. The molecule has 0 fully saturated rings. The molecule has 6 nitrogen and oxygen atoms in total. The van der Waals surface area contributed by atoms with Gasteiger partial charge in [0, 0.05) is 16.3 Å². The second-order valence-corrected chi connectivity index (χ2v) is 6.56. The molecular weight excluding hydrogens is 302 g/mol. The Kier molecular flexibility index (Phi) is 4.57. The number of urea groups is 1. The first kappa shape index (κ1) is 15.7. The summed E-state index contributed by atoms with van der Waals surface area (Å²) in [6, 6.07) is 12.5. The molecule has 0 radical (unpaired) electrons. The van der Waals surface area contributed by atoms with Crippen molar-refractivity contribution in [2.75, 3.05) is 18.2 Å². The number of ether oxygens (including phenoxy) is 1. The van der Waals surface area contributed by atoms with Crippen LogP contribution in [0.15, 0.2) is 53.4 Å². The fourth-order valence-electron chi connectivity index (χ4n) is 1.73. The van der Waals surface area contributed by atoms with E-state index in [0.29, 0.717) is 22.0 Å². The predicted molar refractivity (Wildman–Crippen MR) is 89.5 cm³/mol. The summed E-state index contributed by atoms with van der Waals surface area (Å²) in [6.07, 6.45) is 0. The summed E-state index contributed by atoms with van der Waals surface area (Å²) < 4.78 is 19.8. The first-order valence-electron chi connectivity index (χ1n) is 6.36. The summed E-state index contributed by atoms with van der Waals surface area (Å²) in [6.45, 7) is 0. The van der Waals surface area contributed by atoms with E-state index in [0.717, 1.165) is 0 Å².